The average molecular weight is 612 g/mol. The van der Waals surface area contributed by atoms with Crippen LogP contribution in [0.3, 0.4) is 0 Å². The molecule has 0 heterocycles. The van der Waals surface area contributed by atoms with Crippen molar-refractivity contribution in [3.63, 3.8) is 0 Å². The molecule has 0 aliphatic carbocycles. The van der Waals surface area contributed by atoms with Crippen LogP contribution in [-0.2, 0) is 19.1 Å². The number of ether oxygens (including phenoxy) is 2. The molecule has 0 rings (SSSR count). The van der Waals surface area contributed by atoms with Gasteiger partial charge < -0.3 is 43.3 Å². The number of hydrogen-bond donors (Lipinski definition) is 0. The van der Waals surface area contributed by atoms with E-state index in [1.165, 1.54) is 64.2 Å². The van der Waals surface area contributed by atoms with Gasteiger partial charge in [0.15, 0.2) is 0 Å². The third-order valence-corrected chi connectivity index (χ3v) is 7.25. The van der Waals surface area contributed by atoms with E-state index in [-0.39, 0.29) is 36.8 Å². The Kier molecular flexibility index (Phi) is 30.9. The first kappa shape index (κ1) is 43.6. The summed E-state index contributed by atoms with van der Waals surface area (Å²) < 4.78 is 12.5. The van der Waals surface area contributed by atoms with Gasteiger partial charge in [-0.05, 0) is 25.0 Å². The Bertz CT molecular complexity index is 576. The molecular formula is C32H64Cl2N2O4. The van der Waals surface area contributed by atoms with Crippen molar-refractivity contribution >= 4 is 11.9 Å². The third kappa shape index (κ3) is 30.1. The van der Waals surface area contributed by atoms with Crippen molar-refractivity contribution in [2.75, 3.05) is 67.6 Å². The minimum atomic E-state index is -0.0590. The van der Waals surface area contributed by atoms with Crippen LogP contribution in [0.25, 0.3) is 0 Å². The van der Waals surface area contributed by atoms with E-state index in [1.54, 1.807) is 0 Å². The van der Waals surface area contributed by atoms with E-state index in [4.69, 9.17) is 9.47 Å². The second-order valence-corrected chi connectivity index (χ2v) is 12.3. The molecule has 40 heavy (non-hydrogen) atoms. The van der Waals surface area contributed by atoms with Crippen LogP contribution in [-0.4, -0.2) is 88.5 Å². The maximum absolute atomic E-state index is 12.0. The van der Waals surface area contributed by atoms with E-state index in [2.05, 4.69) is 54.2 Å². The van der Waals surface area contributed by atoms with Crippen LogP contribution in [0.2, 0.25) is 0 Å². The number of quaternary nitrogens is 2. The Morgan fingerprint density at radius 2 is 0.825 bits per heavy atom. The largest absolute Gasteiger partial charge is 1.00 e. The lowest BCUT2D eigenvalue weighted by Crippen LogP contribution is -3.00. The Hall–Kier alpha value is -0.820. The van der Waals surface area contributed by atoms with Crippen LogP contribution in [0, 0.1) is 0 Å². The van der Waals surface area contributed by atoms with Gasteiger partial charge in [-0.2, -0.15) is 0 Å². The highest BCUT2D eigenvalue weighted by Crippen LogP contribution is 2.10. The first-order valence-corrected chi connectivity index (χ1v) is 15.7. The molecule has 6 nitrogen and oxygen atoms in total. The topological polar surface area (TPSA) is 52.6 Å². The first-order chi connectivity index (χ1) is 18.1. The van der Waals surface area contributed by atoms with Gasteiger partial charge >= 0.3 is 11.9 Å². The lowest BCUT2D eigenvalue weighted by Gasteiger charge is -2.29. The zero-order valence-corrected chi connectivity index (χ0v) is 28.5. The SMILES string of the molecule is CCCCCCCCCC(=O)OCC[N+](C)(C)C/C=C/C[N+](C)(C)CCOC(=O)CCCCCCCCC.[Cl-].[Cl-]. The fourth-order valence-electron chi connectivity index (χ4n) is 4.31. The van der Waals surface area contributed by atoms with Crippen LogP contribution in [0.1, 0.15) is 117 Å². The second kappa shape index (κ2) is 28.3. The van der Waals surface area contributed by atoms with Gasteiger partial charge in [0, 0.05) is 12.8 Å². The van der Waals surface area contributed by atoms with Crippen LogP contribution in [0.5, 0.6) is 0 Å². The molecule has 0 aliphatic rings. The van der Waals surface area contributed by atoms with Gasteiger partial charge in [0.2, 0.25) is 0 Å². The normalized spacial score (nSPS) is 11.7. The molecular weight excluding hydrogens is 547 g/mol. The first-order valence-electron chi connectivity index (χ1n) is 15.7. The summed E-state index contributed by atoms with van der Waals surface area (Å²) in [6, 6.07) is 0. The molecule has 0 spiro atoms. The zero-order chi connectivity index (χ0) is 28.5. The molecule has 0 aliphatic heterocycles. The Balaban J connectivity index is -0.00000684. The number of esters is 2. The van der Waals surface area contributed by atoms with Gasteiger partial charge in [-0.1, -0.05) is 90.9 Å². The number of likely N-dealkylation sites (N-methyl/N-ethyl adjacent to an activating group) is 2. The Morgan fingerprint density at radius 3 is 1.15 bits per heavy atom. The van der Waals surface area contributed by atoms with Crippen LogP contribution < -0.4 is 24.8 Å². The molecule has 0 amide bonds. The van der Waals surface area contributed by atoms with Crippen molar-refractivity contribution < 1.29 is 52.8 Å². The summed E-state index contributed by atoms with van der Waals surface area (Å²) in [5.74, 6) is -0.118. The number of halogens is 2. The van der Waals surface area contributed by atoms with Crippen molar-refractivity contribution in [2.24, 2.45) is 0 Å². The highest BCUT2D eigenvalue weighted by atomic mass is 35.5. The lowest BCUT2D eigenvalue weighted by molar-refractivity contribution is -0.887. The monoisotopic (exact) mass is 610 g/mol. The highest BCUT2D eigenvalue weighted by Gasteiger charge is 2.16. The molecule has 0 radical (unpaired) electrons. The van der Waals surface area contributed by atoms with Gasteiger partial charge in [0.05, 0.1) is 41.3 Å². The van der Waals surface area contributed by atoms with Gasteiger partial charge in [0.25, 0.3) is 0 Å². The van der Waals surface area contributed by atoms with Crippen molar-refractivity contribution in [1.29, 1.82) is 0 Å². The van der Waals surface area contributed by atoms with Crippen molar-refractivity contribution in [3.8, 4) is 0 Å². The smallest absolute Gasteiger partial charge is 0.305 e. The van der Waals surface area contributed by atoms with Crippen LogP contribution in [0.4, 0.5) is 0 Å². The fraction of sp³-hybridized carbons (Fsp3) is 0.875. The minimum Gasteiger partial charge on any atom is -1.00 e. The van der Waals surface area contributed by atoms with Crippen LogP contribution >= 0.6 is 0 Å². The van der Waals surface area contributed by atoms with E-state index >= 15 is 0 Å². The van der Waals surface area contributed by atoms with E-state index in [9.17, 15) is 9.59 Å². The number of rotatable bonds is 26. The predicted molar refractivity (Wildman–Crippen MR) is 160 cm³/mol. The summed E-state index contributed by atoms with van der Waals surface area (Å²) in [5, 5.41) is 0. The van der Waals surface area contributed by atoms with E-state index in [0.717, 1.165) is 60.8 Å². The summed E-state index contributed by atoms with van der Waals surface area (Å²) in [6.45, 7) is 8.80. The van der Waals surface area contributed by atoms with E-state index in [1.807, 2.05) is 0 Å². The molecule has 0 fully saturated rings. The molecule has 0 aromatic carbocycles. The summed E-state index contributed by atoms with van der Waals surface area (Å²) in [5.41, 5.74) is 0. The van der Waals surface area contributed by atoms with Gasteiger partial charge in [-0.25, -0.2) is 0 Å². The number of hydrogen-bond acceptors (Lipinski definition) is 4. The molecule has 0 unspecified atom stereocenters. The number of carbonyl (C=O) groups is 2. The molecule has 0 saturated carbocycles. The molecule has 0 saturated heterocycles. The maximum Gasteiger partial charge on any atom is 0.305 e. The van der Waals surface area contributed by atoms with Gasteiger partial charge in [0.1, 0.15) is 26.3 Å². The zero-order valence-electron chi connectivity index (χ0n) is 27.0. The number of unbranched alkanes of at least 4 members (excludes halogenated alkanes) is 12. The third-order valence-electron chi connectivity index (χ3n) is 7.25. The van der Waals surface area contributed by atoms with Crippen LogP contribution in [0.15, 0.2) is 12.2 Å². The summed E-state index contributed by atoms with van der Waals surface area (Å²) in [7, 11) is 8.66. The molecule has 0 atom stereocenters. The lowest BCUT2D eigenvalue weighted by atomic mass is 10.1. The number of nitrogens with zero attached hydrogens (tertiary/aromatic N) is 2. The average Bonchev–Trinajstić information content (AvgIpc) is 2.85. The maximum atomic E-state index is 12.0. The minimum absolute atomic E-state index is 0. The molecule has 0 aromatic heterocycles. The van der Waals surface area contributed by atoms with Crippen molar-refractivity contribution in [3.05, 3.63) is 12.2 Å². The van der Waals surface area contributed by atoms with Gasteiger partial charge in [-0.3, -0.25) is 9.59 Å². The highest BCUT2D eigenvalue weighted by molar-refractivity contribution is 5.69. The quantitative estimate of drug-likeness (QED) is 0.0636. The van der Waals surface area contributed by atoms with Crippen molar-refractivity contribution in [1.82, 2.24) is 0 Å². The second-order valence-electron chi connectivity index (χ2n) is 12.3. The summed E-state index contributed by atoms with van der Waals surface area (Å²) in [4.78, 5) is 24.0. The standard InChI is InChI=1S/C32H64N2O4.2ClH/c1-7-9-11-13-15-17-19-23-31(35)37-29-27-33(3,4)25-21-22-26-34(5,6)28-30-38-32(36)24-20-18-16-14-12-10-8-2;;/h21-22H,7-20,23-30H2,1-6H3;2*1H/q+2;;/p-2/b22-21+;;. The molecule has 8 heteroatoms. The van der Waals surface area contributed by atoms with E-state index in [0.29, 0.717) is 26.1 Å². The molecule has 0 N–H and O–H groups in total. The van der Waals surface area contributed by atoms with Gasteiger partial charge in [-0.15, -0.1) is 0 Å². The molecule has 0 aromatic rings. The summed E-state index contributed by atoms with van der Waals surface area (Å²) in [6.07, 6.45) is 22.5. The molecule has 0 bridgehead atoms. The summed E-state index contributed by atoms with van der Waals surface area (Å²) >= 11 is 0. The predicted octanol–water partition coefficient (Wildman–Crippen LogP) is 1.07. The van der Waals surface area contributed by atoms with Crippen molar-refractivity contribution in [2.45, 2.75) is 117 Å². The van der Waals surface area contributed by atoms with E-state index < -0.39 is 0 Å². The number of carbonyl (C=O) groups excluding carboxylic acids is 2. The Labute approximate surface area is 260 Å². The molecule has 240 valence electrons. The Morgan fingerprint density at radius 1 is 0.525 bits per heavy atom. The fourth-order valence-corrected chi connectivity index (χ4v) is 4.31.